The lowest BCUT2D eigenvalue weighted by Crippen LogP contribution is -2.24. The Morgan fingerprint density at radius 2 is 2.35 bits per heavy atom. The van der Waals surface area contributed by atoms with Crippen LogP contribution < -0.4 is 5.32 Å². The van der Waals surface area contributed by atoms with Gasteiger partial charge in [-0.05, 0) is 18.4 Å². The third kappa shape index (κ3) is 3.23. The molecule has 0 fully saturated rings. The molecule has 0 spiro atoms. The summed E-state index contributed by atoms with van der Waals surface area (Å²) in [7, 11) is 0. The van der Waals surface area contributed by atoms with E-state index in [1.807, 2.05) is 6.26 Å². The number of hydrogen-bond donors (Lipinski definition) is 1. The van der Waals surface area contributed by atoms with E-state index >= 15 is 0 Å². The van der Waals surface area contributed by atoms with Crippen LogP contribution >= 0.6 is 11.8 Å². The van der Waals surface area contributed by atoms with Gasteiger partial charge in [-0.2, -0.15) is 0 Å². The number of terminal acetylenes is 1. The molecule has 5 nitrogen and oxygen atoms in total. The molecule has 0 unspecified atom stereocenters. The first-order valence-corrected chi connectivity index (χ1v) is 5.86. The van der Waals surface area contributed by atoms with E-state index in [9.17, 15) is 14.9 Å². The van der Waals surface area contributed by atoms with Crippen LogP contribution in [-0.4, -0.2) is 23.6 Å². The fourth-order valence-corrected chi connectivity index (χ4v) is 1.65. The SMILES string of the molecule is C#CCNC(=O)c1cc(SC)ccc1[N+](=O)[O-]. The highest BCUT2D eigenvalue weighted by molar-refractivity contribution is 7.98. The molecule has 88 valence electrons. The molecule has 0 saturated heterocycles. The molecule has 17 heavy (non-hydrogen) atoms. The van der Waals surface area contributed by atoms with Crippen molar-refractivity contribution in [3.8, 4) is 12.3 Å². The standard InChI is InChI=1S/C11H10N2O3S/c1-3-6-12-11(14)9-7-8(17-2)4-5-10(9)13(15)16/h1,4-5,7H,6H2,2H3,(H,12,14). The Kier molecular flexibility index (Phi) is 4.55. The molecular formula is C11H10N2O3S. The lowest BCUT2D eigenvalue weighted by atomic mass is 10.1. The number of nitro benzene ring substituents is 1. The van der Waals surface area contributed by atoms with Gasteiger partial charge < -0.3 is 5.32 Å². The van der Waals surface area contributed by atoms with Crippen LogP contribution in [0.25, 0.3) is 0 Å². The van der Waals surface area contributed by atoms with Gasteiger partial charge in [0.25, 0.3) is 11.6 Å². The number of rotatable bonds is 4. The molecule has 1 aromatic rings. The quantitative estimate of drug-likeness (QED) is 0.382. The minimum Gasteiger partial charge on any atom is -0.341 e. The van der Waals surface area contributed by atoms with Crippen molar-refractivity contribution in [3.05, 3.63) is 33.9 Å². The minimum absolute atomic E-state index is 0.0251. The van der Waals surface area contributed by atoms with Crippen molar-refractivity contribution in [1.82, 2.24) is 5.32 Å². The van der Waals surface area contributed by atoms with Gasteiger partial charge in [0, 0.05) is 11.0 Å². The van der Waals surface area contributed by atoms with Gasteiger partial charge in [-0.25, -0.2) is 0 Å². The maximum absolute atomic E-state index is 11.7. The van der Waals surface area contributed by atoms with Gasteiger partial charge in [-0.15, -0.1) is 18.2 Å². The lowest BCUT2D eigenvalue weighted by Gasteiger charge is -2.04. The summed E-state index contributed by atoms with van der Waals surface area (Å²) in [6.07, 6.45) is 6.83. The van der Waals surface area contributed by atoms with Crippen LogP contribution in [-0.2, 0) is 0 Å². The molecule has 0 aliphatic carbocycles. The predicted octanol–water partition coefficient (Wildman–Crippen LogP) is 1.68. The third-order valence-corrected chi connectivity index (χ3v) is 2.72. The molecule has 0 atom stereocenters. The average molecular weight is 250 g/mol. The number of nitro groups is 1. The van der Waals surface area contributed by atoms with E-state index in [1.165, 1.54) is 23.9 Å². The summed E-state index contributed by atoms with van der Waals surface area (Å²) in [6, 6.07) is 4.39. The number of hydrogen-bond acceptors (Lipinski definition) is 4. The van der Waals surface area contributed by atoms with Gasteiger partial charge in [-0.1, -0.05) is 5.92 Å². The highest BCUT2D eigenvalue weighted by atomic mass is 32.2. The maximum Gasteiger partial charge on any atom is 0.282 e. The van der Waals surface area contributed by atoms with Crippen LogP contribution in [0.15, 0.2) is 23.1 Å². The van der Waals surface area contributed by atoms with Crippen molar-refractivity contribution in [2.75, 3.05) is 12.8 Å². The van der Waals surface area contributed by atoms with Gasteiger partial charge in [0.1, 0.15) is 5.56 Å². The zero-order chi connectivity index (χ0) is 12.8. The summed E-state index contributed by atoms with van der Waals surface area (Å²) < 4.78 is 0. The first-order valence-electron chi connectivity index (χ1n) is 4.64. The van der Waals surface area contributed by atoms with Crippen molar-refractivity contribution in [2.45, 2.75) is 4.90 Å². The molecule has 0 aliphatic rings. The fourth-order valence-electron chi connectivity index (χ4n) is 1.21. The highest BCUT2D eigenvalue weighted by Crippen LogP contribution is 2.24. The molecule has 0 bridgehead atoms. The van der Waals surface area contributed by atoms with Crippen molar-refractivity contribution >= 4 is 23.4 Å². The Balaban J connectivity index is 3.13. The Bertz CT molecular complexity index is 494. The molecule has 1 amide bonds. The second-order valence-corrected chi connectivity index (χ2v) is 3.91. The molecule has 1 rings (SSSR count). The second-order valence-electron chi connectivity index (χ2n) is 3.03. The Morgan fingerprint density at radius 3 is 2.88 bits per heavy atom. The molecule has 1 N–H and O–H groups in total. The second kappa shape index (κ2) is 5.92. The molecule has 0 aliphatic heterocycles. The van der Waals surface area contributed by atoms with Crippen molar-refractivity contribution in [1.29, 1.82) is 0 Å². The van der Waals surface area contributed by atoms with Gasteiger partial charge in [0.05, 0.1) is 11.5 Å². The smallest absolute Gasteiger partial charge is 0.282 e. The molecule has 0 saturated carbocycles. The van der Waals surface area contributed by atoms with E-state index in [0.29, 0.717) is 0 Å². The Hall–Kier alpha value is -2.00. The van der Waals surface area contributed by atoms with Crippen LogP contribution in [0.3, 0.4) is 0 Å². The summed E-state index contributed by atoms with van der Waals surface area (Å²) in [6.45, 7) is 0.0412. The van der Waals surface area contributed by atoms with E-state index in [2.05, 4.69) is 11.2 Å². The highest BCUT2D eigenvalue weighted by Gasteiger charge is 2.19. The number of benzene rings is 1. The zero-order valence-corrected chi connectivity index (χ0v) is 9.91. The van der Waals surface area contributed by atoms with Gasteiger partial charge >= 0.3 is 0 Å². The number of nitrogens with one attached hydrogen (secondary N) is 1. The molecule has 0 radical (unpaired) electrons. The van der Waals surface area contributed by atoms with Crippen LogP contribution in [0, 0.1) is 22.5 Å². The number of carbonyl (C=O) groups is 1. The summed E-state index contributed by atoms with van der Waals surface area (Å²) >= 11 is 1.40. The lowest BCUT2D eigenvalue weighted by molar-refractivity contribution is -0.385. The van der Waals surface area contributed by atoms with Gasteiger partial charge in [0.15, 0.2) is 0 Å². The van der Waals surface area contributed by atoms with Crippen molar-refractivity contribution < 1.29 is 9.72 Å². The minimum atomic E-state index is -0.588. The molecular weight excluding hydrogens is 240 g/mol. The van der Waals surface area contributed by atoms with Crippen LogP contribution in [0.5, 0.6) is 0 Å². The topological polar surface area (TPSA) is 72.2 Å². The van der Waals surface area contributed by atoms with Crippen LogP contribution in [0.4, 0.5) is 5.69 Å². The average Bonchev–Trinajstić information content (AvgIpc) is 2.34. The van der Waals surface area contributed by atoms with Gasteiger partial charge in [-0.3, -0.25) is 14.9 Å². The van der Waals surface area contributed by atoms with Gasteiger partial charge in [0.2, 0.25) is 0 Å². The summed E-state index contributed by atoms with van der Waals surface area (Å²) in [4.78, 5) is 22.6. The Morgan fingerprint density at radius 1 is 1.65 bits per heavy atom. The number of thioether (sulfide) groups is 1. The molecule has 0 aromatic heterocycles. The molecule has 1 aromatic carbocycles. The largest absolute Gasteiger partial charge is 0.341 e. The summed E-state index contributed by atoms with van der Waals surface area (Å²) in [5.41, 5.74) is -0.200. The van der Waals surface area contributed by atoms with E-state index in [0.717, 1.165) is 4.90 Å². The van der Waals surface area contributed by atoms with E-state index in [1.54, 1.807) is 6.07 Å². The fraction of sp³-hybridized carbons (Fsp3) is 0.182. The van der Waals surface area contributed by atoms with Crippen LogP contribution in [0.2, 0.25) is 0 Å². The molecule has 0 heterocycles. The predicted molar refractivity (Wildman–Crippen MR) is 66.0 cm³/mol. The Labute approximate surface area is 103 Å². The number of nitrogens with zero attached hydrogens (tertiary/aromatic N) is 1. The first-order chi connectivity index (χ1) is 8.10. The molecule has 6 heteroatoms. The number of carbonyl (C=O) groups excluding carboxylic acids is 1. The summed E-state index contributed by atoms with van der Waals surface area (Å²) in [5, 5.41) is 13.2. The van der Waals surface area contributed by atoms with Crippen molar-refractivity contribution in [2.24, 2.45) is 0 Å². The summed E-state index contributed by atoms with van der Waals surface area (Å²) in [5.74, 6) is 1.70. The monoisotopic (exact) mass is 250 g/mol. The first kappa shape index (κ1) is 13.1. The van der Waals surface area contributed by atoms with Crippen molar-refractivity contribution in [3.63, 3.8) is 0 Å². The normalized spacial score (nSPS) is 9.41. The van der Waals surface area contributed by atoms with E-state index in [4.69, 9.17) is 6.42 Å². The van der Waals surface area contributed by atoms with Crippen LogP contribution in [0.1, 0.15) is 10.4 Å². The third-order valence-electron chi connectivity index (χ3n) is 2.00. The van der Waals surface area contributed by atoms with E-state index in [-0.39, 0.29) is 17.8 Å². The number of amides is 1. The zero-order valence-electron chi connectivity index (χ0n) is 9.10. The van der Waals surface area contributed by atoms with E-state index < -0.39 is 10.8 Å². The maximum atomic E-state index is 11.7.